The second-order valence-electron chi connectivity index (χ2n) is 4.49. The number of hydrogen-bond donors (Lipinski definition) is 1. The van der Waals surface area contributed by atoms with Gasteiger partial charge in [0.15, 0.2) is 0 Å². The van der Waals surface area contributed by atoms with Crippen LogP contribution in [0.15, 0.2) is 24.3 Å². The van der Waals surface area contributed by atoms with E-state index in [1.54, 1.807) is 0 Å². The van der Waals surface area contributed by atoms with E-state index in [0.29, 0.717) is 6.04 Å². The van der Waals surface area contributed by atoms with Crippen molar-refractivity contribution in [3.8, 4) is 0 Å². The van der Waals surface area contributed by atoms with Crippen LogP contribution in [-0.4, -0.2) is 23.3 Å². The number of nitrogens with one attached hydrogen (secondary N) is 1. The third-order valence-electron chi connectivity index (χ3n) is 3.34. The van der Waals surface area contributed by atoms with Crippen LogP contribution in [0.3, 0.4) is 0 Å². The highest BCUT2D eigenvalue weighted by Gasteiger charge is 2.24. The summed E-state index contributed by atoms with van der Waals surface area (Å²) in [5.41, 5.74) is 3.07. The first-order valence-corrected chi connectivity index (χ1v) is 8.24. The van der Waals surface area contributed by atoms with Crippen molar-refractivity contribution < 1.29 is 0 Å². The lowest BCUT2D eigenvalue weighted by Gasteiger charge is -2.28. The summed E-state index contributed by atoms with van der Waals surface area (Å²) in [5, 5.41) is 3.83. The van der Waals surface area contributed by atoms with E-state index in [-0.39, 0.29) is 0 Å². The maximum Gasteiger partial charge on any atom is 0.0417 e. The molecule has 1 N–H and O–H groups in total. The van der Waals surface area contributed by atoms with E-state index in [2.05, 4.69) is 53.1 Å². The van der Waals surface area contributed by atoms with Gasteiger partial charge < -0.3 is 5.32 Å². The number of fused-ring (bicyclic) bond motifs is 1. The Morgan fingerprint density at radius 3 is 2.94 bits per heavy atom. The standard InChI is InChI=1S/C13H17NS2/c1-2-4-12-10(3-1)7-16-9-13(12)14-11-5-6-15-8-11/h1-4,11,13-14H,5-9H2. The van der Waals surface area contributed by atoms with Crippen molar-refractivity contribution in [1.82, 2.24) is 5.32 Å². The molecular formula is C13H17NS2. The quantitative estimate of drug-likeness (QED) is 0.867. The van der Waals surface area contributed by atoms with E-state index < -0.39 is 0 Å². The highest BCUT2D eigenvalue weighted by Crippen LogP contribution is 2.32. The van der Waals surface area contributed by atoms with Crippen molar-refractivity contribution in [1.29, 1.82) is 0 Å². The summed E-state index contributed by atoms with van der Waals surface area (Å²) < 4.78 is 0. The summed E-state index contributed by atoms with van der Waals surface area (Å²) in [4.78, 5) is 0. The van der Waals surface area contributed by atoms with Crippen molar-refractivity contribution in [2.75, 3.05) is 17.3 Å². The molecular weight excluding hydrogens is 234 g/mol. The van der Waals surface area contributed by atoms with Crippen LogP contribution in [0.25, 0.3) is 0 Å². The van der Waals surface area contributed by atoms with Crippen LogP contribution in [0.4, 0.5) is 0 Å². The molecule has 1 aromatic rings. The van der Waals surface area contributed by atoms with Crippen molar-refractivity contribution in [3.05, 3.63) is 35.4 Å². The summed E-state index contributed by atoms with van der Waals surface area (Å²) >= 11 is 4.14. The Kier molecular flexibility index (Phi) is 3.46. The molecule has 16 heavy (non-hydrogen) atoms. The lowest BCUT2D eigenvalue weighted by atomic mass is 10.0. The van der Waals surface area contributed by atoms with E-state index in [9.17, 15) is 0 Å². The SMILES string of the molecule is c1ccc2c(c1)CSCC2NC1CCSC1. The van der Waals surface area contributed by atoms with Gasteiger partial charge in [0.05, 0.1) is 0 Å². The zero-order valence-electron chi connectivity index (χ0n) is 9.32. The Labute approximate surface area is 106 Å². The van der Waals surface area contributed by atoms with Gasteiger partial charge in [-0.25, -0.2) is 0 Å². The minimum atomic E-state index is 0.582. The Morgan fingerprint density at radius 1 is 1.12 bits per heavy atom. The maximum absolute atomic E-state index is 3.83. The van der Waals surface area contributed by atoms with Gasteiger partial charge in [0, 0.05) is 29.3 Å². The summed E-state index contributed by atoms with van der Waals surface area (Å²) in [6, 6.07) is 10.2. The van der Waals surface area contributed by atoms with Gasteiger partial charge in [-0.3, -0.25) is 0 Å². The largest absolute Gasteiger partial charge is 0.306 e. The summed E-state index contributed by atoms with van der Waals surface area (Å²) in [5.74, 6) is 5.05. The zero-order valence-corrected chi connectivity index (χ0v) is 10.9. The van der Waals surface area contributed by atoms with Crippen molar-refractivity contribution in [2.24, 2.45) is 0 Å². The predicted octanol–water partition coefficient (Wildman–Crippen LogP) is 3.07. The first kappa shape index (κ1) is 11.0. The molecule has 86 valence electrons. The molecule has 2 atom stereocenters. The van der Waals surface area contributed by atoms with Gasteiger partial charge in [-0.15, -0.1) is 0 Å². The zero-order chi connectivity index (χ0) is 10.8. The van der Waals surface area contributed by atoms with Gasteiger partial charge in [-0.05, 0) is 23.3 Å². The lowest BCUT2D eigenvalue weighted by Crippen LogP contribution is -2.35. The second kappa shape index (κ2) is 5.03. The molecule has 1 saturated heterocycles. The first-order chi connectivity index (χ1) is 7.93. The number of hydrogen-bond acceptors (Lipinski definition) is 3. The molecule has 0 saturated carbocycles. The molecule has 0 amide bonds. The number of benzene rings is 1. The van der Waals surface area contributed by atoms with E-state index >= 15 is 0 Å². The third-order valence-corrected chi connectivity index (χ3v) is 5.59. The molecule has 0 aromatic heterocycles. The van der Waals surface area contributed by atoms with E-state index in [0.717, 1.165) is 6.04 Å². The van der Waals surface area contributed by atoms with Crippen LogP contribution < -0.4 is 5.32 Å². The van der Waals surface area contributed by atoms with Crippen molar-refractivity contribution >= 4 is 23.5 Å². The van der Waals surface area contributed by atoms with E-state index in [1.807, 2.05) is 0 Å². The van der Waals surface area contributed by atoms with Gasteiger partial charge in [0.25, 0.3) is 0 Å². The van der Waals surface area contributed by atoms with Crippen LogP contribution in [0, 0.1) is 0 Å². The third kappa shape index (κ3) is 2.27. The van der Waals surface area contributed by atoms with Crippen LogP contribution in [0.5, 0.6) is 0 Å². The van der Waals surface area contributed by atoms with Gasteiger partial charge in [-0.1, -0.05) is 24.3 Å². The molecule has 1 aromatic carbocycles. The molecule has 0 spiro atoms. The molecule has 2 heterocycles. The fraction of sp³-hybridized carbons (Fsp3) is 0.538. The molecule has 0 bridgehead atoms. The Bertz CT molecular complexity index is 361. The Balaban J connectivity index is 1.76. The second-order valence-corrected chi connectivity index (χ2v) is 6.67. The maximum atomic E-state index is 3.83. The smallest absolute Gasteiger partial charge is 0.0417 e. The highest BCUT2D eigenvalue weighted by atomic mass is 32.2. The Morgan fingerprint density at radius 2 is 2.06 bits per heavy atom. The van der Waals surface area contributed by atoms with Crippen molar-refractivity contribution in [3.63, 3.8) is 0 Å². The molecule has 0 aliphatic carbocycles. The summed E-state index contributed by atoms with van der Waals surface area (Å²) in [6.45, 7) is 0. The van der Waals surface area contributed by atoms with Crippen molar-refractivity contribution in [2.45, 2.75) is 24.3 Å². The van der Waals surface area contributed by atoms with E-state index in [4.69, 9.17) is 0 Å². The molecule has 3 heteroatoms. The summed E-state index contributed by atoms with van der Waals surface area (Å²) in [6.07, 6.45) is 1.34. The molecule has 3 rings (SSSR count). The molecule has 1 nitrogen and oxygen atoms in total. The molecule has 1 fully saturated rings. The molecule has 2 aliphatic rings. The van der Waals surface area contributed by atoms with Gasteiger partial charge in [0.2, 0.25) is 0 Å². The highest BCUT2D eigenvalue weighted by molar-refractivity contribution is 7.99. The topological polar surface area (TPSA) is 12.0 Å². The Hall–Kier alpha value is -0.120. The first-order valence-electron chi connectivity index (χ1n) is 5.93. The molecule has 0 radical (unpaired) electrons. The van der Waals surface area contributed by atoms with Crippen LogP contribution in [0.2, 0.25) is 0 Å². The van der Waals surface area contributed by atoms with Gasteiger partial charge in [-0.2, -0.15) is 23.5 Å². The number of rotatable bonds is 2. The monoisotopic (exact) mass is 251 g/mol. The fourth-order valence-electron chi connectivity index (χ4n) is 2.47. The van der Waals surface area contributed by atoms with Crippen LogP contribution in [-0.2, 0) is 5.75 Å². The van der Waals surface area contributed by atoms with Gasteiger partial charge >= 0.3 is 0 Å². The normalized spacial score (nSPS) is 29.0. The molecule has 2 aliphatic heterocycles. The van der Waals surface area contributed by atoms with Gasteiger partial charge in [0.1, 0.15) is 0 Å². The summed E-state index contributed by atoms with van der Waals surface area (Å²) in [7, 11) is 0. The van der Waals surface area contributed by atoms with Crippen LogP contribution in [0.1, 0.15) is 23.6 Å². The molecule has 2 unspecified atom stereocenters. The minimum Gasteiger partial charge on any atom is -0.306 e. The van der Waals surface area contributed by atoms with Crippen LogP contribution >= 0.6 is 23.5 Å². The minimum absolute atomic E-state index is 0.582. The van der Waals surface area contributed by atoms with E-state index in [1.165, 1.54) is 40.6 Å². The lowest BCUT2D eigenvalue weighted by molar-refractivity contribution is 0.487. The average Bonchev–Trinajstić information content (AvgIpc) is 2.82. The fourth-order valence-corrected chi connectivity index (χ4v) is 4.75. The number of thioether (sulfide) groups is 2. The average molecular weight is 251 g/mol. The predicted molar refractivity (Wildman–Crippen MR) is 74.2 cm³/mol.